The fraction of sp³-hybridized carbons (Fsp3) is 0.500. The first-order valence-corrected chi connectivity index (χ1v) is 6.21. The highest BCUT2D eigenvalue weighted by molar-refractivity contribution is 5.76. The minimum Gasteiger partial charge on any atom is -0.345 e. The van der Waals surface area contributed by atoms with E-state index >= 15 is 0 Å². The standard InChI is InChI=1S/C14H21FN2O/c1-11(9-16)10-17(2)14(18)7-6-12-4-3-5-13(15)8-12/h3-5,8,11H,6-7,9-10,16H2,1-2H3. The van der Waals surface area contributed by atoms with Gasteiger partial charge in [-0.2, -0.15) is 0 Å². The van der Waals surface area contributed by atoms with E-state index in [0.717, 1.165) is 5.56 Å². The van der Waals surface area contributed by atoms with Crippen LogP contribution in [0.1, 0.15) is 18.9 Å². The predicted molar refractivity (Wildman–Crippen MR) is 70.6 cm³/mol. The molecule has 3 nitrogen and oxygen atoms in total. The Morgan fingerprint density at radius 1 is 1.50 bits per heavy atom. The van der Waals surface area contributed by atoms with Crippen LogP contribution < -0.4 is 5.73 Å². The molecule has 18 heavy (non-hydrogen) atoms. The molecule has 1 atom stereocenters. The average Bonchev–Trinajstić information content (AvgIpc) is 2.35. The quantitative estimate of drug-likeness (QED) is 0.839. The van der Waals surface area contributed by atoms with Gasteiger partial charge in [-0.15, -0.1) is 0 Å². The van der Waals surface area contributed by atoms with Gasteiger partial charge in [-0.05, 0) is 36.6 Å². The SMILES string of the molecule is CC(CN)CN(C)C(=O)CCc1cccc(F)c1. The van der Waals surface area contributed by atoms with E-state index < -0.39 is 0 Å². The van der Waals surface area contributed by atoms with Gasteiger partial charge in [0.1, 0.15) is 5.82 Å². The van der Waals surface area contributed by atoms with Crippen molar-refractivity contribution in [3.63, 3.8) is 0 Å². The van der Waals surface area contributed by atoms with E-state index in [1.807, 2.05) is 13.0 Å². The smallest absolute Gasteiger partial charge is 0.222 e. The van der Waals surface area contributed by atoms with Crippen molar-refractivity contribution >= 4 is 5.91 Å². The summed E-state index contributed by atoms with van der Waals surface area (Å²) >= 11 is 0. The molecular weight excluding hydrogens is 231 g/mol. The predicted octanol–water partition coefficient (Wildman–Crippen LogP) is 1.81. The second-order valence-corrected chi connectivity index (χ2v) is 4.75. The fourth-order valence-electron chi connectivity index (χ4n) is 1.78. The van der Waals surface area contributed by atoms with Crippen molar-refractivity contribution in [3.05, 3.63) is 35.6 Å². The van der Waals surface area contributed by atoms with E-state index in [4.69, 9.17) is 5.73 Å². The molecule has 0 aliphatic rings. The molecule has 100 valence electrons. The Bertz CT molecular complexity index is 395. The van der Waals surface area contributed by atoms with Crippen LogP contribution in [0.5, 0.6) is 0 Å². The molecule has 0 heterocycles. The maximum absolute atomic E-state index is 13.0. The molecular formula is C14H21FN2O. The Morgan fingerprint density at radius 3 is 2.83 bits per heavy atom. The summed E-state index contributed by atoms with van der Waals surface area (Å²) in [6, 6.07) is 6.37. The van der Waals surface area contributed by atoms with Crippen LogP contribution in [0.15, 0.2) is 24.3 Å². The van der Waals surface area contributed by atoms with E-state index in [-0.39, 0.29) is 11.7 Å². The Labute approximate surface area is 108 Å². The van der Waals surface area contributed by atoms with Crippen LogP contribution in [-0.2, 0) is 11.2 Å². The number of amides is 1. The third-order valence-corrected chi connectivity index (χ3v) is 2.93. The average molecular weight is 252 g/mol. The first-order valence-electron chi connectivity index (χ1n) is 6.21. The number of hydrogen-bond acceptors (Lipinski definition) is 2. The molecule has 0 fully saturated rings. The van der Waals surface area contributed by atoms with Crippen molar-refractivity contribution in [1.29, 1.82) is 0 Å². The normalized spacial score (nSPS) is 12.2. The van der Waals surface area contributed by atoms with Crippen LogP contribution in [0.4, 0.5) is 4.39 Å². The zero-order valence-electron chi connectivity index (χ0n) is 11.0. The lowest BCUT2D eigenvalue weighted by molar-refractivity contribution is -0.130. The second kappa shape index (κ2) is 7.11. The lowest BCUT2D eigenvalue weighted by atomic mass is 10.1. The first kappa shape index (κ1) is 14.6. The summed E-state index contributed by atoms with van der Waals surface area (Å²) in [6.45, 7) is 3.25. The van der Waals surface area contributed by atoms with Crippen LogP contribution in [0.3, 0.4) is 0 Å². The minimum absolute atomic E-state index is 0.0690. The summed E-state index contributed by atoms with van der Waals surface area (Å²) in [5, 5.41) is 0. The lowest BCUT2D eigenvalue weighted by Crippen LogP contribution is -2.33. The molecule has 0 saturated carbocycles. The lowest BCUT2D eigenvalue weighted by Gasteiger charge is -2.20. The van der Waals surface area contributed by atoms with E-state index in [0.29, 0.717) is 31.8 Å². The highest BCUT2D eigenvalue weighted by atomic mass is 19.1. The second-order valence-electron chi connectivity index (χ2n) is 4.75. The van der Waals surface area contributed by atoms with Crippen molar-refractivity contribution in [2.45, 2.75) is 19.8 Å². The van der Waals surface area contributed by atoms with Crippen LogP contribution in [0.2, 0.25) is 0 Å². The number of benzene rings is 1. The van der Waals surface area contributed by atoms with Gasteiger partial charge in [0.05, 0.1) is 0 Å². The highest BCUT2D eigenvalue weighted by Gasteiger charge is 2.11. The minimum atomic E-state index is -0.259. The Kier molecular flexibility index (Phi) is 5.78. The zero-order chi connectivity index (χ0) is 13.5. The summed E-state index contributed by atoms with van der Waals surface area (Å²) in [4.78, 5) is 13.5. The van der Waals surface area contributed by atoms with Gasteiger partial charge in [-0.1, -0.05) is 19.1 Å². The third-order valence-electron chi connectivity index (χ3n) is 2.93. The van der Waals surface area contributed by atoms with Gasteiger partial charge in [0.25, 0.3) is 0 Å². The Hall–Kier alpha value is -1.42. The molecule has 0 bridgehead atoms. The van der Waals surface area contributed by atoms with E-state index in [2.05, 4.69) is 0 Å². The summed E-state index contributed by atoms with van der Waals surface area (Å²) < 4.78 is 13.0. The first-order chi connectivity index (χ1) is 8.52. The van der Waals surface area contributed by atoms with E-state index in [1.54, 1.807) is 18.0 Å². The van der Waals surface area contributed by atoms with Crippen molar-refractivity contribution in [3.8, 4) is 0 Å². The maximum Gasteiger partial charge on any atom is 0.222 e. The van der Waals surface area contributed by atoms with Crippen molar-refractivity contribution in [2.75, 3.05) is 20.1 Å². The molecule has 0 aromatic heterocycles. The number of rotatable bonds is 6. The molecule has 0 radical (unpaired) electrons. The van der Waals surface area contributed by atoms with Gasteiger partial charge in [0.2, 0.25) is 5.91 Å². The van der Waals surface area contributed by atoms with E-state index in [9.17, 15) is 9.18 Å². The molecule has 0 saturated heterocycles. The summed E-state index contributed by atoms with van der Waals surface area (Å²) in [7, 11) is 1.78. The third kappa shape index (κ3) is 4.84. The van der Waals surface area contributed by atoms with Crippen molar-refractivity contribution < 1.29 is 9.18 Å². The van der Waals surface area contributed by atoms with Gasteiger partial charge in [-0.3, -0.25) is 4.79 Å². The molecule has 0 aliphatic heterocycles. The number of carbonyl (C=O) groups excluding carboxylic acids is 1. The Balaban J connectivity index is 2.41. The monoisotopic (exact) mass is 252 g/mol. The number of hydrogen-bond donors (Lipinski definition) is 1. The number of halogens is 1. The molecule has 4 heteroatoms. The molecule has 1 rings (SSSR count). The van der Waals surface area contributed by atoms with Gasteiger partial charge < -0.3 is 10.6 Å². The van der Waals surface area contributed by atoms with Crippen molar-refractivity contribution in [1.82, 2.24) is 4.90 Å². The summed E-state index contributed by atoms with van der Waals surface area (Å²) in [5.41, 5.74) is 6.37. The largest absolute Gasteiger partial charge is 0.345 e. The maximum atomic E-state index is 13.0. The zero-order valence-corrected chi connectivity index (χ0v) is 11.0. The van der Waals surface area contributed by atoms with Crippen LogP contribution in [0.25, 0.3) is 0 Å². The highest BCUT2D eigenvalue weighted by Crippen LogP contribution is 2.07. The molecule has 1 aromatic rings. The molecule has 0 spiro atoms. The van der Waals surface area contributed by atoms with E-state index in [1.165, 1.54) is 12.1 Å². The van der Waals surface area contributed by atoms with Gasteiger partial charge in [0, 0.05) is 20.0 Å². The fourth-order valence-corrected chi connectivity index (χ4v) is 1.78. The van der Waals surface area contributed by atoms with Crippen molar-refractivity contribution in [2.24, 2.45) is 11.7 Å². The summed E-state index contributed by atoms with van der Waals surface area (Å²) in [5.74, 6) is 0.109. The van der Waals surface area contributed by atoms with Gasteiger partial charge in [-0.25, -0.2) is 4.39 Å². The molecule has 2 N–H and O–H groups in total. The summed E-state index contributed by atoms with van der Waals surface area (Å²) in [6.07, 6.45) is 0.967. The molecule has 0 aliphatic carbocycles. The van der Waals surface area contributed by atoms with Crippen LogP contribution in [-0.4, -0.2) is 30.9 Å². The number of carbonyl (C=O) groups is 1. The number of aryl methyl sites for hydroxylation is 1. The Morgan fingerprint density at radius 2 is 2.22 bits per heavy atom. The molecule has 1 aromatic carbocycles. The topological polar surface area (TPSA) is 46.3 Å². The molecule has 1 amide bonds. The van der Waals surface area contributed by atoms with Gasteiger partial charge >= 0.3 is 0 Å². The van der Waals surface area contributed by atoms with Gasteiger partial charge in [0.15, 0.2) is 0 Å². The van der Waals surface area contributed by atoms with Crippen LogP contribution >= 0.6 is 0 Å². The number of nitrogens with zero attached hydrogens (tertiary/aromatic N) is 1. The number of nitrogens with two attached hydrogens (primary N) is 1. The molecule has 1 unspecified atom stereocenters. The van der Waals surface area contributed by atoms with Crippen LogP contribution in [0, 0.1) is 11.7 Å².